The van der Waals surface area contributed by atoms with Gasteiger partial charge in [-0.25, -0.2) is 0 Å². The molecule has 1 saturated heterocycles. The van der Waals surface area contributed by atoms with Crippen molar-refractivity contribution in [1.82, 2.24) is 4.90 Å². The molecular formula is C13H19ClN2. The third-order valence-corrected chi connectivity index (χ3v) is 3.86. The lowest BCUT2D eigenvalue weighted by Crippen LogP contribution is -2.25. The summed E-state index contributed by atoms with van der Waals surface area (Å²) in [4.78, 5) is 2.40. The first kappa shape index (κ1) is 11.9. The Hall–Kier alpha value is -0.570. The molecule has 2 N–H and O–H groups in total. The van der Waals surface area contributed by atoms with Gasteiger partial charge in [-0.05, 0) is 62.7 Å². The van der Waals surface area contributed by atoms with Crippen LogP contribution in [0.15, 0.2) is 18.2 Å². The summed E-state index contributed by atoms with van der Waals surface area (Å²) in [6.07, 6.45) is 1.19. The van der Waals surface area contributed by atoms with E-state index >= 15 is 0 Å². The smallest absolute Gasteiger partial charge is 0.0408 e. The maximum Gasteiger partial charge on any atom is 0.0408 e. The number of aryl methyl sites for hydroxylation is 1. The summed E-state index contributed by atoms with van der Waals surface area (Å²) < 4.78 is 0. The van der Waals surface area contributed by atoms with Crippen molar-refractivity contribution in [3.05, 3.63) is 34.3 Å². The quantitative estimate of drug-likeness (QED) is 0.858. The van der Waals surface area contributed by atoms with Gasteiger partial charge in [0.05, 0.1) is 0 Å². The largest absolute Gasteiger partial charge is 0.330 e. The highest BCUT2D eigenvalue weighted by Crippen LogP contribution is 2.37. The summed E-state index contributed by atoms with van der Waals surface area (Å²) in [6.45, 7) is 4.02. The lowest BCUT2D eigenvalue weighted by atomic mass is 9.91. The zero-order chi connectivity index (χ0) is 11.7. The van der Waals surface area contributed by atoms with Crippen molar-refractivity contribution in [1.29, 1.82) is 0 Å². The third kappa shape index (κ3) is 2.10. The van der Waals surface area contributed by atoms with Gasteiger partial charge in [0.1, 0.15) is 0 Å². The van der Waals surface area contributed by atoms with E-state index in [2.05, 4.69) is 24.9 Å². The van der Waals surface area contributed by atoms with Gasteiger partial charge in [0.15, 0.2) is 0 Å². The number of hydrogen-bond acceptors (Lipinski definition) is 2. The van der Waals surface area contributed by atoms with E-state index in [1.807, 2.05) is 12.1 Å². The van der Waals surface area contributed by atoms with Crippen LogP contribution in [0.3, 0.4) is 0 Å². The van der Waals surface area contributed by atoms with Gasteiger partial charge in [-0.3, -0.25) is 4.90 Å². The molecule has 1 heterocycles. The van der Waals surface area contributed by atoms with Crippen LogP contribution >= 0.6 is 11.6 Å². The predicted octanol–water partition coefficient (Wildman–Crippen LogP) is 2.60. The molecule has 0 aromatic heterocycles. The van der Waals surface area contributed by atoms with Crippen LogP contribution in [-0.4, -0.2) is 25.0 Å². The number of rotatable bonds is 2. The molecule has 0 aliphatic carbocycles. The maximum atomic E-state index is 5.99. The van der Waals surface area contributed by atoms with Gasteiger partial charge < -0.3 is 5.73 Å². The number of halogens is 1. The number of nitrogens with two attached hydrogens (primary N) is 1. The van der Waals surface area contributed by atoms with E-state index in [-0.39, 0.29) is 0 Å². The topological polar surface area (TPSA) is 29.3 Å². The van der Waals surface area contributed by atoms with Crippen molar-refractivity contribution >= 4 is 11.6 Å². The SMILES string of the molecule is Cc1cc(Cl)ccc1C1C(CN)CCN1C. The zero-order valence-electron chi connectivity index (χ0n) is 9.91. The number of hydrogen-bond donors (Lipinski definition) is 1. The van der Waals surface area contributed by atoms with Crippen LogP contribution in [0.25, 0.3) is 0 Å². The fourth-order valence-electron chi connectivity index (χ4n) is 2.74. The Morgan fingerprint density at radius 3 is 2.88 bits per heavy atom. The van der Waals surface area contributed by atoms with E-state index in [1.54, 1.807) is 0 Å². The summed E-state index contributed by atoms with van der Waals surface area (Å²) in [6, 6.07) is 6.62. The Kier molecular flexibility index (Phi) is 3.53. The molecular weight excluding hydrogens is 220 g/mol. The molecule has 1 aromatic rings. The van der Waals surface area contributed by atoms with Gasteiger partial charge in [-0.2, -0.15) is 0 Å². The predicted molar refractivity (Wildman–Crippen MR) is 68.7 cm³/mol. The standard InChI is InChI=1S/C13H19ClN2/c1-9-7-11(14)3-4-12(9)13-10(8-15)5-6-16(13)2/h3-4,7,10,13H,5-6,8,15H2,1-2H3. The minimum atomic E-state index is 0.460. The second kappa shape index (κ2) is 4.74. The minimum Gasteiger partial charge on any atom is -0.330 e. The molecule has 2 rings (SSSR count). The number of nitrogens with zero attached hydrogens (tertiary/aromatic N) is 1. The molecule has 1 aromatic carbocycles. The van der Waals surface area contributed by atoms with Crippen molar-refractivity contribution < 1.29 is 0 Å². The second-order valence-electron chi connectivity index (χ2n) is 4.71. The first-order valence-corrected chi connectivity index (χ1v) is 6.17. The fourth-order valence-corrected chi connectivity index (χ4v) is 2.96. The Morgan fingerprint density at radius 1 is 1.50 bits per heavy atom. The Balaban J connectivity index is 2.34. The lowest BCUT2D eigenvalue weighted by molar-refractivity contribution is 0.278. The van der Waals surface area contributed by atoms with Gasteiger partial charge in [0.25, 0.3) is 0 Å². The Bertz CT molecular complexity index is 378. The van der Waals surface area contributed by atoms with E-state index < -0.39 is 0 Å². The van der Waals surface area contributed by atoms with Gasteiger partial charge in [-0.15, -0.1) is 0 Å². The van der Waals surface area contributed by atoms with Crippen LogP contribution in [-0.2, 0) is 0 Å². The third-order valence-electron chi connectivity index (χ3n) is 3.63. The van der Waals surface area contributed by atoms with E-state index in [1.165, 1.54) is 17.5 Å². The van der Waals surface area contributed by atoms with Crippen molar-refractivity contribution in [2.24, 2.45) is 11.7 Å². The highest BCUT2D eigenvalue weighted by Gasteiger charge is 2.32. The van der Waals surface area contributed by atoms with Crippen LogP contribution in [0.1, 0.15) is 23.6 Å². The summed E-state index contributed by atoms with van der Waals surface area (Å²) in [7, 11) is 2.17. The highest BCUT2D eigenvalue weighted by molar-refractivity contribution is 6.30. The molecule has 0 spiro atoms. The van der Waals surface area contributed by atoms with Gasteiger partial charge in [0, 0.05) is 11.1 Å². The van der Waals surface area contributed by atoms with Crippen molar-refractivity contribution in [2.45, 2.75) is 19.4 Å². The van der Waals surface area contributed by atoms with E-state index in [0.717, 1.165) is 18.1 Å². The molecule has 16 heavy (non-hydrogen) atoms. The molecule has 0 saturated carbocycles. The minimum absolute atomic E-state index is 0.460. The normalized spacial score (nSPS) is 26.2. The molecule has 1 fully saturated rings. The van der Waals surface area contributed by atoms with Crippen molar-refractivity contribution in [3.8, 4) is 0 Å². The first-order chi connectivity index (χ1) is 7.63. The molecule has 2 nitrogen and oxygen atoms in total. The van der Waals surface area contributed by atoms with Crippen molar-refractivity contribution in [2.75, 3.05) is 20.1 Å². The monoisotopic (exact) mass is 238 g/mol. The molecule has 0 bridgehead atoms. The first-order valence-electron chi connectivity index (χ1n) is 5.80. The van der Waals surface area contributed by atoms with Crippen LogP contribution in [0.5, 0.6) is 0 Å². The average Bonchev–Trinajstić information content (AvgIpc) is 2.60. The fraction of sp³-hybridized carbons (Fsp3) is 0.538. The lowest BCUT2D eigenvalue weighted by Gasteiger charge is -2.26. The summed E-state index contributed by atoms with van der Waals surface area (Å²) in [5.41, 5.74) is 8.49. The van der Waals surface area contributed by atoms with Gasteiger partial charge in [-0.1, -0.05) is 17.7 Å². The van der Waals surface area contributed by atoms with Crippen LogP contribution < -0.4 is 5.73 Å². The molecule has 1 aliphatic heterocycles. The van der Waals surface area contributed by atoms with Gasteiger partial charge in [0.2, 0.25) is 0 Å². The summed E-state index contributed by atoms with van der Waals surface area (Å²) in [5.74, 6) is 0.574. The maximum absolute atomic E-state index is 5.99. The van der Waals surface area contributed by atoms with E-state index in [0.29, 0.717) is 12.0 Å². The van der Waals surface area contributed by atoms with E-state index in [9.17, 15) is 0 Å². The zero-order valence-corrected chi connectivity index (χ0v) is 10.7. The van der Waals surface area contributed by atoms with Crippen molar-refractivity contribution in [3.63, 3.8) is 0 Å². The summed E-state index contributed by atoms with van der Waals surface area (Å²) >= 11 is 5.99. The highest BCUT2D eigenvalue weighted by atomic mass is 35.5. The molecule has 0 amide bonds. The molecule has 3 heteroatoms. The Morgan fingerprint density at radius 2 is 2.25 bits per heavy atom. The van der Waals surface area contributed by atoms with Crippen LogP contribution in [0.4, 0.5) is 0 Å². The molecule has 0 radical (unpaired) electrons. The molecule has 2 atom stereocenters. The number of likely N-dealkylation sites (tertiary alicyclic amines) is 1. The van der Waals surface area contributed by atoms with Crippen LogP contribution in [0.2, 0.25) is 5.02 Å². The number of benzene rings is 1. The summed E-state index contributed by atoms with van der Waals surface area (Å²) in [5, 5.41) is 0.811. The van der Waals surface area contributed by atoms with Crippen LogP contribution in [0, 0.1) is 12.8 Å². The van der Waals surface area contributed by atoms with E-state index in [4.69, 9.17) is 17.3 Å². The molecule has 1 aliphatic rings. The second-order valence-corrected chi connectivity index (χ2v) is 5.15. The molecule has 88 valence electrons. The van der Waals surface area contributed by atoms with Gasteiger partial charge >= 0.3 is 0 Å². The average molecular weight is 239 g/mol. The molecule has 2 unspecified atom stereocenters. The Labute approximate surface area is 102 Å².